The van der Waals surface area contributed by atoms with E-state index in [-0.39, 0.29) is 5.91 Å². The Hall–Kier alpha value is -0.950. The molecule has 2 rings (SSSR count). The molecule has 1 aromatic rings. The molecule has 1 aromatic heterocycles. The highest BCUT2D eigenvalue weighted by Gasteiger charge is 2.26. The van der Waals surface area contributed by atoms with E-state index < -0.39 is 0 Å². The molecule has 112 valence electrons. The summed E-state index contributed by atoms with van der Waals surface area (Å²) >= 11 is 3.31. The average molecular weight is 314 g/mol. The molecule has 7 heteroatoms. The first-order chi connectivity index (χ1) is 9.52. The third-order valence-corrected chi connectivity index (χ3v) is 5.56. The number of hydrogen-bond donors (Lipinski definition) is 1. The molecule has 1 fully saturated rings. The van der Waals surface area contributed by atoms with E-state index in [1.54, 1.807) is 0 Å². The minimum atomic E-state index is 0.0308. The SMILES string of the molecule is CCCN(C)c1nc(N)c(C(=O)N2CCSC(C)C2)s1. The number of rotatable bonds is 4. The van der Waals surface area contributed by atoms with Crippen LogP contribution in [0.15, 0.2) is 0 Å². The molecule has 1 aliphatic rings. The first-order valence-corrected chi connectivity index (χ1v) is 8.77. The Labute approximate surface area is 128 Å². The molecule has 0 aliphatic carbocycles. The van der Waals surface area contributed by atoms with Crippen molar-refractivity contribution >= 4 is 40.0 Å². The Balaban J connectivity index is 2.13. The fourth-order valence-corrected chi connectivity index (χ4v) is 4.17. The summed E-state index contributed by atoms with van der Waals surface area (Å²) in [4.78, 5) is 21.4. The van der Waals surface area contributed by atoms with E-state index in [4.69, 9.17) is 5.73 Å². The van der Waals surface area contributed by atoms with Crippen LogP contribution in [0.3, 0.4) is 0 Å². The normalized spacial score (nSPS) is 19.1. The molecule has 20 heavy (non-hydrogen) atoms. The molecule has 1 amide bonds. The van der Waals surface area contributed by atoms with Crippen LogP contribution in [0.2, 0.25) is 0 Å². The Morgan fingerprint density at radius 3 is 3.00 bits per heavy atom. The lowest BCUT2D eigenvalue weighted by Gasteiger charge is -2.30. The lowest BCUT2D eigenvalue weighted by molar-refractivity contribution is 0.0769. The second-order valence-corrected chi connectivity index (χ2v) is 7.59. The van der Waals surface area contributed by atoms with Gasteiger partial charge < -0.3 is 15.5 Å². The van der Waals surface area contributed by atoms with Gasteiger partial charge in [0.15, 0.2) is 5.13 Å². The molecular formula is C13H22N4OS2. The number of nitrogens with two attached hydrogens (primary N) is 1. The van der Waals surface area contributed by atoms with Gasteiger partial charge >= 0.3 is 0 Å². The van der Waals surface area contributed by atoms with Gasteiger partial charge in [0.05, 0.1) is 0 Å². The number of hydrogen-bond acceptors (Lipinski definition) is 6. The summed E-state index contributed by atoms with van der Waals surface area (Å²) in [6, 6.07) is 0. The van der Waals surface area contributed by atoms with Crippen molar-refractivity contribution < 1.29 is 4.79 Å². The fourth-order valence-electron chi connectivity index (χ4n) is 2.21. The van der Waals surface area contributed by atoms with Gasteiger partial charge in [0.1, 0.15) is 10.7 Å². The van der Waals surface area contributed by atoms with Crippen molar-refractivity contribution in [3.05, 3.63) is 4.88 Å². The van der Waals surface area contributed by atoms with Crippen LogP contribution in [0.4, 0.5) is 10.9 Å². The molecule has 1 saturated heterocycles. The predicted molar refractivity (Wildman–Crippen MR) is 87.9 cm³/mol. The molecule has 0 aromatic carbocycles. The van der Waals surface area contributed by atoms with Gasteiger partial charge in [-0.3, -0.25) is 4.79 Å². The quantitative estimate of drug-likeness (QED) is 0.922. The van der Waals surface area contributed by atoms with Crippen molar-refractivity contribution in [2.45, 2.75) is 25.5 Å². The number of anilines is 2. The van der Waals surface area contributed by atoms with Crippen LogP contribution in [0.5, 0.6) is 0 Å². The number of carbonyl (C=O) groups excluding carboxylic acids is 1. The minimum Gasteiger partial charge on any atom is -0.382 e. The summed E-state index contributed by atoms with van der Waals surface area (Å²) in [7, 11) is 1.98. The van der Waals surface area contributed by atoms with Gasteiger partial charge in [0, 0.05) is 37.7 Å². The zero-order valence-corrected chi connectivity index (χ0v) is 13.9. The first kappa shape index (κ1) is 15.4. The molecule has 2 N–H and O–H groups in total. The summed E-state index contributed by atoms with van der Waals surface area (Å²) in [6.07, 6.45) is 1.04. The molecule has 2 heterocycles. The van der Waals surface area contributed by atoms with Crippen molar-refractivity contribution in [3.8, 4) is 0 Å². The van der Waals surface area contributed by atoms with Crippen LogP contribution >= 0.6 is 23.1 Å². The molecule has 0 radical (unpaired) electrons. The van der Waals surface area contributed by atoms with Gasteiger partial charge in [0.2, 0.25) is 0 Å². The summed E-state index contributed by atoms with van der Waals surface area (Å²) in [5.74, 6) is 1.39. The Morgan fingerprint density at radius 1 is 1.60 bits per heavy atom. The van der Waals surface area contributed by atoms with Crippen LogP contribution < -0.4 is 10.6 Å². The lowest BCUT2D eigenvalue weighted by atomic mass is 10.3. The Kier molecular flexibility index (Phi) is 5.15. The standard InChI is InChI=1S/C13H22N4OS2/c1-4-5-16(3)13-15-11(14)10(20-13)12(18)17-6-7-19-9(2)8-17/h9H,4-8,14H2,1-3H3. The van der Waals surface area contributed by atoms with Crippen molar-refractivity contribution in [3.63, 3.8) is 0 Å². The number of thioether (sulfide) groups is 1. The minimum absolute atomic E-state index is 0.0308. The zero-order chi connectivity index (χ0) is 14.7. The summed E-state index contributed by atoms with van der Waals surface area (Å²) < 4.78 is 0. The van der Waals surface area contributed by atoms with Gasteiger partial charge in [-0.05, 0) is 6.42 Å². The number of thiazole rings is 1. The first-order valence-electron chi connectivity index (χ1n) is 6.91. The monoisotopic (exact) mass is 314 g/mol. The molecular weight excluding hydrogens is 292 g/mol. The maximum Gasteiger partial charge on any atom is 0.267 e. The van der Waals surface area contributed by atoms with E-state index >= 15 is 0 Å². The highest BCUT2D eigenvalue weighted by molar-refractivity contribution is 7.99. The molecule has 1 aliphatic heterocycles. The molecule has 1 unspecified atom stereocenters. The third kappa shape index (κ3) is 3.38. The third-order valence-electron chi connectivity index (χ3n) is 3.25. The summed E-state index contributed by atoms with van der Waals surface area (Å²) in [5, 5.41) is 1.32. The highest BCUT2D eigenvalue weighted by atomic mass is 32.2. The maximum absolute atomic E-state index is 12.5. The van der Waals surface area contributed by atoms with Crippen LogP contribution in [-0.2, 0) is 0 Å². The Morgan fingerprint density at radius 2 is 2.35 bits per heavy atom. The van der Waals surface area contributed by atoms with Crippen molar-refractivity contribution in [2.24, 2.45) is 0 Å². The highest BCUT2D eigenvalue weighted by Crippen LogP contribution is 2.30. The molecule has 5 nitrogen and oxygen atoms in total. The smallest absolute Gasteiger partial charge is 0.267 e. The molecule has 0 spiro atoms. The summed E-state index contributed by atoms with van der Waals surface area (Å²) in [6.45, 7) is 6.77. The molecule has 1 atom stereocenters. The topological polar surface area (TPSA) is 62.5 Å². The number of nitrogens with zero attached hydrogens (tertiary/aromatic N) is 3. The predicted octanol–water partition coefficient (Wildman–Crippen LogP) is 2.15. The molecule has 0 bridgehead atoms. The van der Waals surface area contributed by atoms with Crippen LogP contribution in [0.1, 0.15) is 29.9 Å². The van der Waals surface area contributed by atoms with Gasteiger partial charge in [-0.1, -0.05) is 25.2 Å². The van der Waals surface area contributed by atoms with Gasteiger partial charge in [-0.2, -0.15) is 11.8 Å². The second-order valence-electron chi connectivity index (χ2n) is 5.06. The fraction of sp³-hybridized carbons (Fsp3) is 0.692. The Bertz CT molecular complexity index is 477. The van der Waals surface area contributed by atoms with Crippen LogP contribution in [0, 0.1) is 0 Å². The van der Waals surface area contributed by atoms with E-state index in [9.17, 15) is 4.79 Å². The van der Waals surface area contributed by atoms with Gasteiger partial charge in [-0.25, -0.2) is 4.98 Å². The van der Waals surface area contributed by atoms with Crippen molar-refractivity contribution in [1.29, 1.82) is 0 Å². The van der Waals surface area contributed by atoms with Gasteiger partial charge in [-0.15, -0.1) is 0 Å². The molecule has 0 saturated carbocycles. The van der Waals surface area contributed by atoms with E-state index in [0.717, 1.165) is 36.9 Å². The van der Waals surface area contributed by atoms with Crippen molar-refractivity contribution in [2.75, 3.05) is 43.1 Å². The zero-order valence-electron chi connectivity index (χ0n) is 12.3. The van der Waals surface area contributed by atoms with E-state index in [0.29, 0.717) is 15.9 Å². The summed E-state index contributed by atoms with van der Waals surface area (Å²) in [5.41, 5.74) is 5.94. The lowest BCUT2D eigenvalue weighted by Crippen LogP contribution is -2.40. The number of carbonyl (C=O) groups is 1. The maximum atomic E-state index is 12.5. The number of amides is 1. The van der Waals surface area contributed by atoms with E-state index in [1.807, 2.05) is 28.6 Å². The second kappa shape index (κ2) is 6.67. The van der Waals surface area contributed by atoms with Crippen LogP contribution in [-0.4, -0.2) is 53.5 Å². The van der Waals surface area contributed by atoms with E-state index in [2.05, 4.69) is 18.8 Å². The van der Waals surface area contributed by atoms with E-state index in [1.165, 1.54) is 11.3 Å². The van der Waals surface area contributed by atoms with Crippen LogP contribution in [0.25, 0.3) is 0 Å². The van der Waals surface area contributed by atoms with Crippen molar-refractivity contribution in [1.82, 2.24) is 9.88 Å². The average Bonchev–Trinajstić information content (AvgIpc) is 2.80. The number of aromatic nitrogens is 1. The largest absolute Gasteiger partial charge is 0.382 e. The number of nitrogen functional groups attached to an aromatic ring is 1. The van der Waals surface area contributed by atoms with Gasteiger partial charge in [0.25, 0.3) is 5.91 Å².